The van der Waals surface area contributed by atoms with E-state index in [0.717, 1.165) is 25.6 Å². The highest BCUT2D eigenvalue weighted by atomic mass is 32.2. The van der Waals surface area contributed by atoms with Gasteiger partial charge in [0.25, 0.3) is 5.91 Å². The van der Waals surface area contributed by atoms with Gasteiger partial charge in [-0.1, -0.05) is 0 Å². The largest absolute Gasteiger partial charge is 0.340 e. The van der Waals surface area contributed by atoms with Crippen LogP contribution >= 0.6 is 0 Å². The average Bonchev–Trinajstić information content (AvgIpc) is 3.58. The lowest BCUT2D eigenvalue weighted by molar-refractivity contribution is -0.129. The lowest BCUT2D eigenvalue weighted by Crippen LogP contribution is -2.50. The quantitative estimate of drug-likeness (QED) is 0.682. The number of amides is 2. The van der Waals surface area contributed by atoms with E-state index in [2.05, 4.69) is 4.90 Å². The molecule has 0 bridgehead atoms. The summed E-state index contributed by atoms with van der Waals surface area (Å²) in [5, 5.41) is 0. The summed E-state index contributed by atoms with van der Waals surface area (Å²) in [6.45, 7) is 7.25. The second kappa shape index (κ2) is 8.64. The summed E-state index contributed by atoms with van der Waals surface area (Å²) >= 11 is 0. The van der Waals surface area contributed by atoms with Gasteiger partial charge < -0.3 is 9.80 Å². The molecule has 0 atom stereocenters. The summed E-state index contributed by atoms with van der Waals surface area (Å²) in [5.41, 5.74) is 0.519. The molecule has 2 saturated heterocycles. The smallest absolute Gasteiger partial charge is 0.253 e. The van der Waals surface area contributed by atoms with Crippen LogP contribution in [0.3, 0.4) is 0 Å². The van der Waals surface area contributed by atoms with Crippen LogP contribution in [-0.4, -0.2) is 98.1 Å². The van der Waals surface area contributed by atoms with Crippen LogP contribution in [0.4, 0.5) is 0 Å². The Morgan fingerprint density at radius 1 is 0.867 bits per heavy atom. The molecule has 0 unspecified atom stereocenters. The maximum atomic E-state index is 12.9. The second-order valence-electron chi connectivity index (χ2n) is 8.47. The molecule has 0 radical (unpaired) electrons. The van der Waals surface area contributed by atoms with Crippen LogP contribution in [0.2, 0.25) is 0 Å². The average molecular weight is 435 g/mol. The van der Waals surface area contributed by atoms with Gasteiger partial charge in [-0.3, -0.25) is 14.5 Å². The van der Waals surface area contributed by atoms with Gasteiger partial charge in [0.2, 0.25) is 15.9 Å². The highest BCUT2D eigenvalue weighted by Gasteiger charge is 2.30. The zero-order chi connectivity index (χ0) is 21.3. The third kappa shape index (κ3) is 4.68. The van der Waals surface area contributed by atoms with Crippen molar-refractivity contribution in [2.75, 3.05) is 58.9 Å². The Morgan fingerprint density at radius 2 is 1.43 bits per heavy atom. The van der Waals surface area contributed by atoms with Gasteiger partial charge in [0.05, 0.1) is 4.90 Å². The van der Waals surface area contributed by atoms with E-state index in [1.54, 1.807) is 17.0 Å². The van der Waals surface area contributed by atoms with E-state index in [1.165, 1.54) is 36.2 Å². The predicted octanol–water partition coefficient (Wildman–Crippen LogP) is 0.707. The molecule has 1 aromatic carbocycles. The van der Waals surface area contributed by atoms with E-state index < -0.39 is 10.0 Å². The second-order valence-corrected chi connectivity index (χ2v) is 10.4. The molecule has 2 amide bonds. The monoisotopic (exact) mass is 434 g/mol. The fourth-order valence-corrected chi connectivity index (χ4v) is 5.57. The molecule has 30 heavy (non-hydrogen) atoms. The standard InChI is InChI=1S/C21H30N4O4S/c1-17(26)23-12-14-25(15-13-23)30(28,29)20-6-4-19(5-7-20)21(27)24-10-8-22(9-11-24)16-18-2-3-18/h4-7,18H,2-3,8-16H2,1H3. The van der Waals surface area contributed by atoms with Crippen molar-refractivity contribution in [1.82, 2.24) is 19.0 Å². The third-order valence-corrected chi connectivity index (χ3v) is 8.21. The molecular formula is C21H30N4O4S. The van der Waals surface area contributed by atoms with E-state index in [4.69, 9.17) is 0 Å². The number of rotatable bonds is 5. The first-order valence-electron chi connectivity index (χ1n) is 10.7. The fourth-order valence-electron chi connectivity index (χ4n) is 4.14. The minimum atomic E-state index is -3.63. The number of carbonyl (C=O) groups is 2. The van der Waals surface area contributed by atoms with E-state index in [9.17, 15) is 18.0 Å². The van der Waals surface area contributed by atoms with Crippen LogP contribution in [0.25, 0.3) is 0 Å². The number of carbonyl (C=O) groups excluding carboxylic acids is 2. The Balaban J connectivity index is 1.35. The molecule has 3 fully saturated rings. The molecule has 1 aliphatic carbocycles. The first kappa shape index (κ1) is 21.3. The van der Waals surface area contributed by atoms with Crippen LogP contribution in [0.1, 0.15) is 30.1 Å². The van der Waals surface area contributed by atoms with E-state index in [0.29, 0.717) is 31.7 Å². The maximum Gasteiger partial charge on any atom is 0.253 e. The van der Waals surface area contributed by atoms with Crippen molar-refractivity contribution in [2.45, 2.75) is 24.7 Å². The fraction of sp³-hybridized carbons (Fsp3) is 0.619. The summed E-state index contributed by atoms with van der Waals surface area (Å²) in [6.07, 6.45) is 2.67. The molecule has 3 aliphatic rings. The Bertz CT molecular complexity index is 882. The van der Waals surface area contributed by atoms with Gasteiger partial charge in [-0.05, 0) is 43.0 Å². The van der Waals surface area contributed by atoms with Gasteiger partial charge in [0.1, 0.15) is 0 Å². The molecule has 2 heterocycles. The highest BCUT2D eigenvalue weighted by molar-refractivity contribution is 7.89. The number of piperazine rings is 2. The SMILES string of the molecule is CC(=O)N1CCN(S(=O)(=O)c2ccc(C(=O)N3CCN(CC4CC4)CC3)cc2)CC1. The van der Waals surface area contributed by atoms with E-state index in [-0.39, 0.29) is 29.8 Å². The van der Waals surface area contributed by atoms with Crippen LogP contribution in [0.15, 0.2) is 29.2 Å². The summed E-state index contributed by atoms with van der Waals surface area (Å²) in [4.78, 5) is 30.4. The molecule has 9 heteroatoms. The lowest BCUT2D eigenvalue weighted by Gasteiger charge is -2.35. The van der Waals surface area contributed by atoms with Crippen molar-refractivity contribution >= 4 is 21.8 Å². The zero-order valence-electron chi connectivity index (χ0n) is 17.5. The first-order valence-corrected chi connectivity index (χ1v) is 12.2. The van der Waals surface area contributed by atoms with Crippen molar-refractivity contribution in [3.8, 4) is 0 Å². The number of benzene rings is 1. The molecule has 4 rings (SSSR count). The summed E-state index contributed by atoms with van der Waals surface area (Å²) < 4.78 is 27.2. The third-order valence-electron chi connectivity index (χ3n) is 6.30. The minimum Gasteiger partial charge on any atom is -0.340 e. The first-order chi connectivity index (χ1) is 14.3. The number of hydrogen-bond donors (Lipinski definition) is 0. The summed E-state index contributed by atoms with van der Waals surface area (Å²) in [7, 11) is -3.63. The maximum absolute atomic E-state index is 12.9. The van der Waals surface area contributed by atoms with Gasteiger partial charge in [-0.2, -0.15) is 4.31 Å². The number of sulfonamides is 1. The molecule has 164 valence electrons. The van der Waals surface area contributed by atoms with Crippen LogP contribution in [-0.2, 0) is 14.8 Å². The van der Waals surface area contributed by atoms with Gasteiger partial charge in [0.15, 0.2) is 0 Å². The summed E-state index contributed by atoms with van der Waals surface area (Å²) in [5.74, 6) is 0.774. The molecule has 0 N–H and O–H groups in total. The molecule has 0 spiro atoms. The van der Waals surface area contributed by atoms with Gasteiger partial charge in [-0.25, -0.2) is 8.42 Å². The van der Waals surface area contributed by atoms with Crippen LogP contribution in [0.5, 0.6) is 0 Å². The van der Waals surface area contributed by atoms with Gasteiger partial charge in [-0.15, -0.1) is 0 Å². The molecule has 1 aromatic rings. The van der Waals surface area contributed by atoms with Crippen molar-refractivity contribution in [2.24, 2.45) is 5.92 Å². The highest BCUT2D eigenvalue weighted by Crippen LogP contribution is 2.30. The van der Waals surface area contributed by atoms with Crippen molar-refractivity contribution in [1.29, 1.82) is 0 Å². The Labute approximate surface area is 178 Å². The van der Waals surface area contributed by atoms with E-state index in [1.807, 2.05) is 4.90 Å². The van der Waals surface area contributed by atoms with Gasteiger partial charge in [0, 0.05) is 71.4 Å². The molecule has 0 aromatic heterocycles. The van der Waals surface area contributed by atoms with Gasteiger partial charge >= 0.3 is 0 Å². The summed E-state index contributed by atoms with van der Waals surface area (Å²) in [6, 6.07) is 6.25. The Morgan fingerprint density at radius 3 is 1.97 bits per heavy atom. The molecule has 1 saturated carbocycles. The topological polar surface area (TPSA) is 81.2 Å². The lowest BCUT2D eigenvalue weighted by atomic mass is 10.2. The van der Waals surface area contributed by atoms with Crippen molar-refractivity contribution in [3.63, 3.8) is 0 Å². The van der Waals surface area contributed by atoms with Crippen LogP contribution < -0.4 is 0 Å². The van der Waals surface area contributed by atoms with Crippen molar-refractivity contribution < 1.29 is 18.0 Å². The normalized spacial score (nSPS) is 21.6. The minimum absolute atomic E-state index is 0.0386. The number of nitrogens with zero attached hydrogens (tertiary/aromatic N) is 4. The zero-order valence-corrected chi connectivity index (χ0v) is 18.3. The number of hydrogen-bond acceptors (Lipinski definition) is 5. The molecular weight excluding hydrogens is 404 g/mol. The molecule has 8 nitrogen and oxygen atoms in total. The molecule has 2 aliphatic heterocycles. The Kier molecular flexibility index (Phi) is 6.13. The van der Waals surface area contributed by atoms with Crippen molar-refractivity contribution in [3.05, 3.63) is 29.8 Å². The van der Waals surface area contributed by atoms with E-state index >= 15 is 0 Å². The Hall–Kier alpha value is -1.97. The van der Waals surface area contributed by atoms with Crippen LogP contribution in [0, 0.1) is 5.92 Å². The predicted molar refractivity (Wildman–Crippen MR) is 113 cm³/mol.